The Morgan fingerprint density at radius 2 is 1.74 bits per heavy atom. The van der Waals surface area contributed by atoms with Crippen LogP contribution in [0.1, 0.15) is 23.2 Å². The molecule has 5 nitrogen and oxygen atoms in total. The van der Waals surface area contributed by atoms with Gasteiger partial charge in [0.2, 0.25) is 0 Å². The van der Waals surface area contributed by atoms with Crippen LogP contribution in [0.5, 0.6) is 0 Å². The summed E-state index contributed by atoms with van der Waals surface area (Å²) in [5.74, 6) is -0.826. The molecule has 31 heavy (non-hydrogen) atoms. The first-order chi connectivity index (χ1) is 14.7. The molecule has 0 unspecified atom stereocenters. The van der Waals surface area contributed by atoms with E-state index in [9.17, 15) is 17.6 Å². The monoisotopic (exact) mass is 483 g/mol. The molecular formula is C22H20Cl2FNO4S. The molecule has 0 aliphatic carbocycles. The van der Waals surface area contributed by atoms with E-state index in [0.29, 0.717) is 56.9 Å². The molecule has 164 valence electrons. The predicted molar refractivity (Wildman–Crippen MR) is 122 cm³/mol. The van der Waals surface area contributed by atoms with Crippen LogP contribution in [-0.2, 0) is 14.3 Å². The Kier molecular flexibility index (Phi) is 7.54. The molecule has 0 heterocycles. The van der Waals surface area contributed by atoms with Crippen LogP contribution in [0.4, 0.5) is 4.39 Å². The normalized spacial score (nSPS) is 11.6. The fourth-order valence-corrected chi connectivity index (χ4v) is 3.91. The predicted octanol–water partition coefficient (Wildman–Crippen LogP) is 5.44. The Morgan fingerprint density at radius 1 is 1.03 bits per heavy atom. The van der Waals surface area contributed by atoms with Crippen molar-refractivity contribution in [1.82, 2.24) is 5.32 Å². The molecule has 0 saturated heterocycles. The molecule has 1 N–H and O–H groups in total. The van der Waals surface area contributed by atoms with E-state index in [-0.39, 0.29) is 12.5 Å². The summed E-state index contributed by atoms with van der Waals surface area (Å²) in [6, 6.07) is 12.9. The fourth-order valence-electron chi connectivity index (χ4n) is 3.19. The maximum absolute atomic E-state index is 14.8. The van der Waals surface area contributed by atoms with Crippen molar-refractivity contribution in [2.75, 3.05) is 19.4 Å². The topological polar surface area (TPSA) is 72.5 Å². The van der Waals surface area contributed by atoms with Gasteiger partial charge in [0.05, 0.1) is 28.5 Å². The second-order valence-electron chi connectivity index (χ2n) is 6.94. The van der Waals surface area contributed by atoms with Crippen LogP contribution in [0.2, 0.25) is 10.0 Å². The number of hydrogen-bond acceptors (Lipinski definition) is 4. The van der Waals surface area contributed by atoms with Crippen molar-refractivity contribution >= 4 is 50.0 Å². The zero-order chi connectivity index (χ0) is 22.6. The van der Waals surface area contributed by atoms with Crippen LogP contribution < -0.4 is 5.32 Å². The highest BCUT2D eigenvalue weighted by molar-refractivity contribution is 7.85. The summed E-state index contributed by atoms with van der Waals surface area (Å²) >= 11 is 12.1. The number of amides is 1. The van der Waals surface area contributed by atoms with Gasteiger partial charge in [0.1, 0.15) is 5.82 Å². The van der Waals surface area contributed by atoms with Crippen LogP contribution >= 0.6 is 23.2 Å². The molecule has 0 spiro atoms. The molecule has 0 fully saturated rings. The average Bonchev–Trinajstić information content (AvgIpc) is 2.71. The van der Waals surface area contributed by atoms with Crippen molar-refractivity contribution in [1.29, 1.82) is 0 Å². The number of rotatable bonds is 8. The van der Waals surface area contributed by atoms with E-state index in [2.05, 4.69) is 9.50 Å². The minimum Gasteiger partial charge on any atom is -0.352 e. The van der Waals surface area contributed by atoms with E-state index in [1.165, 1.54) is 6.07 Å². The Labute approximate surface area is 190 Å². The molecule has 3 rings (SSSR count). The Hall–Kier alpha value is -2.19. The molecule has 9 heteroatoms. The number of halogens is 3. The molecule has 0 saturated carbocycles. The highest BCUT2D eigenvalue weighted by atomic mass is 35.5. The summed E-state index contributed by atoms with van der Waals surface area (Å²) in [5.41, 5.74) is 1.28. The first-order valence-electron chi connectivity index (χ1n) is 9.46. The molecule has 3 aromatic carbocycles. The van der Waals surface area contributed by atoms with E-state index >= 15 is 0 Å². The van der Waals surface area contributed by atoms with Crippen molar-refractivity contribution in [2.24, 2.45) is 0 Å². The third kappa shape index (κ3) is 5.95. The van der Waals surface area contributed by atoms with Gasteiger partial charge in [-0.3, -0.25) is 8.98 Å². The quantitative estimate of drug-likeness (QED) is 0.342. The molecule has 3 aromatic rings. The highest BCUT2D eigenvalue weighted by Gasteiger charge is 2.20. The molecule has 0 atom stereocenters. The van der Waals surface area contributed by atoms with E-state index in [1.54, 1.807) is 42.5 Å². The highest BCUT2D eigenvalue weighted by Crippen LogP contribution is 2.35. The lowest BCUT2D eigenvalue weighted by Gasteiger charge is -2.15. The molecule has 0 radical (unpaired) electrons. The summed E-state index contributed by atoms with van der Waals surface area (Å²) in [4.78, 5) is 13.1. The number of fused-ring (bicyclic) bond motifs is 1. The van der Waals surface area contributed by atoms with E-state index < -0.39 is 15.9 Å². The first kappa shape index (κ1) is 23.5. The average molecular weight is 484 g/mol. The lowest BCUT2D eigenvalue weighted by atomic mass is 9.93. The Bertz CT molecular complexity index is 1230. The molecule has 0 aromatic heterocycles. The number of nitrogens with one attached hydrogen (secondary N) is 1. The SMILES string of the molecule is CS(=O)(=O)OCCCCNC(=O)c1c(-c2ccc(Cl)c(Cl)c2)cc(F)c2ccccc12. The van der Waals surface area contributed by atoms with Crippen molar-refractivity contribution in [3.8, 4) is 11.1 Å². The van der Waals surface area contributed by atoms with Crippen LogP contribution in [0.15, 0.2) is 48.5 Å². The summed E-state index contributed by atoms with van der Waals surface area (Å²) in [5, 5.41) is 4.28. The lowest BCUT2D eigenvalue weighted by Crippen LogP contribution is -2.25. The standard InChI is InChI=1S/C22H20Cl2FNO4S/c1-31(28,29)30-11-5-4-10-26-22(27)21-16-7-3-2-6-15(16)20(25)13-17(21)14-8-9-18(23)19(24)12-14/h2-3,6-9,12-13H,4-5,10-11H2,1H3,(H,26,27). The Balaban J connectivity index is 1.89. The van der Waals surface area contributed by atoms with Gasteiger partial charge in [-0.2, -0.15) is 8.42 Å². The zero-order valence-corrected chi connectivity index (χ0v) is 19.0. The second kappa shape index (κ2) is 9.96. The van der Waals surface area contributed by atoms with Gasteiger partial charge in [-0.1, -0.05) is 53.5 Å². The molecule has 1 amide bonds. The second-order valence-corrected chi connectivity index (χ2v) is 9.40. The maximum atomic E-state index is 14.8. The number of unbranched alkanes of at least 4 members (excludes halogenated alkanes) is 1. The summed E-state index contributed by atoms with van der Waals surface area (Å²) in [6.07, 6.45) is 1.96. The summed E-state index contributed by atoms with van der Waals surface area (Å²) in [7, 11) is -3.48. The van der Waals surface area contributed by atoms with Gasteiger partial charge in [-0.25, -0.2) is 4.39 Å². The summed E-state index contributed by atoms with van der Waals surface area (Å²) < 4.78 is 41.4. The smallest absolute Gasteiger partial charge is 0.264 e. The maximum Gasteiger partial charge on any atom is 0.264 e. The zero-order valence-electron chi connectivity index (χ0n) is 16.6. The molecule has 0 bridgehead atoms. The first-order valence-corrected chi connectivity index (χ1v) is 12.0. The lowest BCUT2D eigenvalue weighted by molar-refractivity contribution is 0.0954. The van der Waals surface area contributed by atoms with Gasteiger partial charge >= 0.3 is 0 Å². The summed E-state index contributed by atoms with van der Waals surface area (Å²) in [6.45, 7) is 0.348. The van der Waals surface area contributed by atoms with E-state index in [0.717, 1.165) is 6.26 Å². The molecule has 0 aliphatic rings. The van der Waals surface area contributed by atoms with Crippen LogP contribution in [-0.4, -0.2) is 33.7 Å². The number of hydrogen-bond donors (Lipinski definition) is 1. The largest absolute Gasteiger partial charge is 0.352 e. The van der Waals surface area contributed by atoms with Crippen molar-refractivity contribution in [2.45, 2.75) is 12.8 Å². The van der Waals surface area contributed by atoms with E-state index in [1.807, 2.05) is 0 Å². The third-order valence-electron chi connectivity index (χ3n) is 4.61. The van der Waals surface area contributed by atoms with Gasteiger partial charge in [0.15, 0.2) is 0 Å². The van der Waals surface area contributed by atoms with Gasteiger partial charge < -0.3 is 5.32 Å². The number of benzene rings is 3. The fraction of sp³-hybridized carbons (Fsp3) is 0.227. The minimum absolute atomic E-state index is 0.0444. The van der Waals surface area contributed by atoms with Gasteiger partial charge in [-0.15, -0.1) is 0 Å². The van der Waals surface area contributed by atoms with Crippen LogP contribution in [0.25, 0.3) is 21.9 Å². The third-order valence-corrected chi connectivity index (χ3v) is 5.94. The van der Waals surface area contributed by atoms with Crippen molar-refractivity contribution in [3.05, 3.63) is 70.0 Å². The van der Waals surface area contributed by atoms with Gasteiger partial charge in [-0.05, 0) is 47.6 Å². The molecular weight excluding hydrogens is 464 g/mol. The van der Waals surface area contributed by atoms with E-state index in [4.69, 9.17) is 23.2 Å². The molecule has 0 aliphatic heterocycles. The van der Waals surface area contributed by atoms with Crippen LogP contribution in [0, 0.1) is 5.82 Å². The number of carbonyl (C=O) groups is 1. The number of carbonyl (C=O) groups excluding carboxylic acids is 1. The van der Waals surface area contributed by atoms with Gasteiger partial charge in [0, 0.05) is 11.9 Å². The van der Waals surface area contributed by atoms with Crippen molar-refractivity contribution < 1.29 is 21.8 Å². The Morgan fingerprint density at radius 3 is 2.42 bits per heavy atom. The minimum atomic E-state index is -3.48. The van der Waals surface area contributed by atoms with Crippen molar-refractivity contribution in [3.63, 3.8) is 0 Å². The van der Waals surface area contributed by atoms with Gasteiger partial charge in [0.25, 0.3) is 16.0 Å². The van der Waals surface area contributed by atoms with Crippen LogP contribution in [0.3, 0.4) is 0 Å².